The van der Waals surface area contributed by atoms with Crippen LogP contribution in [0.2, 0.25) is 0 Å². The van der Waals surface area contributed by atoms with Gasteiger partial charge in [0.15, 0.2) is 5.84 Å². The number of amidine groups is 1. The highest BCUT2D eigenvalue weighted by Crippen LogP contribution is 2.48. The largest absolute Gasteiger partial charge is 0.409 e. The molecule has 1 aliphatic rings. The third-order valence-corrected chi connectivity index (χ3v) is 4.18. The van der Waals surface area contributed by atoms with Crippen molar-refractivity contribution < 1.29 is 10.0 Å². The van der Waals surface area contributed by atoms with Crippen molar-refractivity contribution in [3.05, 3.63) is 35.9 Å². The Morgan fingerprint density at radius 2 is 2.10 bits per heavy atom. The lowest BCUT2D eigenvalue weighted by molar-refractivity contribution is -0.121. The van der Waals surface area contributed by atoms with Crippen molar-refractivity contribution in [2.45, 2.75) is 38.5 Å². The fourth-order valence-electron chi connectivity index (χ4n) is 2.76. The second-order valence-electron chi connectivity index (χ2n) is 5.84. The van der Waals surface area contributed by atoms with Gasteiger partial charge in [-0.2, -0.15) is 0 Å². The van der Waals surface area contributed by atoms with Crippen molar-refractivity contribution in [1.82, 2.24) is 5.32 Å². The monoisotopic (exact) mass is 289 g/mol. The van der Waals surface area contributed by atoms with Crippen molar-refractivity contribution in [2.75, 3.05) is 6.54 Å². The molecule has 4 N–H and O–H groups in total. The van der Waals surface area contributed by atoms with Crippen LogP contribution < -0.4 is 11.1 Å². The predicted octanol–water partition coefficient (Wildman–Crippen LogP) is 2.21. The molecule has 0 bridgehead atoms. The lowest BCUT2D eigenvalue weighted by atomic mass is 9.96. The average molecular weight is 289 g/mol. The van der Waals surface area contributed by atoms with Gasteiger partial charge < -0.3 is 16.3 Å². The standard InChI is InChI=1S/C16H23N3O2/c1-2-8-16(9-10-16)11-18-15(20)13(14(17)19-21)12-6-4-3-5-7-12/h3-7,13,21H,2,8-11H2,1H3,(H2,17,19)(H,18,20). The van der Waals surface area contributed by atoms with Crippen LogP contribution in [-0.4, -0.2) is 23.5 Å². The molecule has 0 radical (unpaired) electrons. The van der Waals surface area contributed by atoms with Gasteiger partial charge in [-0.1, -0.05) is 48.8 Å². The number of oxime groups is 1. The lowest BCUT2D eigenvalue weighted by Gasteiger charge is -2.19. The van der Waals surface area contributed by atoms with E-state index in [4.69, 9.17) is 10.9 Å². The van der Waals surface area contributed by atoms with Crippen molar-refractivity contribution in [1.29, 1.82) is 0 Å². The normalized spacial score (nSPS) is 18.0. The average Bonchev–Trinajstić information content (AvgIpc) is 3.27. The third-order valence-electron chi connectivity index (χ3n) is 4.18. The van der Waals surface area contributed by atoms with Crippen LogP contribution in [0.3, 0.4) is 0 Å². The van der Waals surface area contributed by atoms with E-state index >= 15 is 0 Å². The van der Waals surface area contributed by atoms with Gasteiger partial charge >= 0.3 is 0 Å². The van der Waals surface area contributed by atoms with Gasteiger partial charge in [-0.05, 0) is 30.2 Å². The van der Waals surface area contributed by atoms with Gasteiger partial charge in [-0.15, -0.1) is 0 Å². The number of nitrogens with zero attached hydrogens (tertiary/aromatic N) is 1. The summed E-state index contributed by atoms with van der Waals surface area (Å²) in [5.74, 6) is -1.04. The number of amides is 1. The Hall–Kier alpha value is -2.04. The molecule has 0 spiro atoms. The topological polar surface area (TPSA) is 87.7 Å². The third kappa shape index (κ3) is 3.74. The van der Waals surface area contributed by atoms with E-state index in [2.05, 4.69) is 17.4 Å². The van der Waals surface area contributed by atoms with E-state index in [0.29, 0.717) is 6.54 Å². The van der Waals surface area contributed by atoms with Gasteiger partial charge in [0.1, 0.15) is 5.92 Å². The number of carbonyl (C=O) groups excluding carboxylic acids is 1. The summed E-state index contributed by atoms with van der Waals surface area (Å²) < 4.78 is 0. The minimum atomic E-state index is -0.742. The second kappa shape index (κ2) is 6.61. The molecule has 1 amide bonds. The predicted molar refractivity (Wildman–Crippen MR) is 82.2 cm³/mol. The van der Waals surface area contributed by atoms with Crippen LogP contribution in [0, 0.1) is 5.41 Å². The highest BCUT2D eigenvalue weighted by molar-refractivity contribution is 6.07. The molecule has 1 fully saturated rings. The van der Waals surface area contributed by atoms with Crippen LogP contribution in [0.4, 0.5) is 0 Å². The Morgan fingerprint density at radius 1 is 1.43 bits per heavy atom. The SMILES string of the molecule is CCCC1(CNC(=O)C(/C(N)=N/O)c2ccccc2)CC1. The van der Waals surface area contributed by atoms with E-state index in [0.717, 1.165) is 18.4 Å². The summed E-state index contributed by atoms with van der Waals surface area (Å²) in [7, 11) is 0. The van der Waals surface area contributed by atoms with E-state index in [1.165, 1.54) is 12.8 Å². The summed E-state index contributed by atoms with van der Waals surface area (Å²) in [6, 6.07) is 9.15. The van der Waals surface area contributed by atoms with Crippen LogP contribution in [0.5, 0.6) is 0 Å². The molecule has 114 valence electrons. The molecule has 5 nitrogen and oxygen atoms in total. The Labute approximate surface area is 125 Å². The summed E-state index contributed by atoms with van der Waals surface area (Å²) in [5.41, 5.74) is 6.70. The van der Waals surface area contributed by atoms with E-state index in [-0.39, 0.29) is 17.2 Å². The van der Waals surface area contributed by atoms with Crippen molar-refractivity contribution in [3.63, 3.8) is 0 Å². The van der Waals surface area contributed by atoms with Crippen molar-refractivity contribution in [3.8, 4) is 0 Å². The molecule has 0 aliphatic heterocycles. The smallest absolute Gasteiger partial charge is 0.235 e. The van der Waals surface area contributed by atoms with Crippen LogP contribution in [0.25, 0.3) is 0 Å². The zero-order valence-electron chi connectivity index (χ0n) is 12.4. The molecular formula is C16H23N3O2. The Balaban J connectivity index is 2.06. The molecule has 21 heavy (non-hydrogen) atoms. The van der Waals surface area contributed by atoms with Crippen LogP contribution >= 0.6 is 0 Å². The van der Waals surface area contributed by atoms with Gasteiger partial charge in [-0.25, -0.2) is 0 Å². The molecule has 1 atom stereocenters. The molecule has 1 aromatic rings. The number of nitrogens with one attached hydrogen (secondary N) is 1. The highest BCUT2D eigenvalue weighted by Gasteiger charge is 2.42. The fourth-order valence-corrected chi connectivity index (χ4v) is 2.76. The highest BCUT2D eigenvalue weighted by atomic mass is 16.4. The molecule has 1 aliphatic carbocycles. The maximum atomic E-state index is 12.4. The van der Waals surface area contributed by atoms with E-state index < -0.39 is 5.92 Å². The quantitative estimate of drug-likeness (QED) is 0.311. The molecule has 1 unspecified atom stereocenters. The van der Waals surface area contributed by atoms with Gasteiger partial charge in [0.25, 0.3) is 0 Å². The zero-order valence-corrected chi connectivity index (χ0v) is 12.4. The van der Waals surface area contributed by atoms with Gasteiger partial charge in [0.05, 0.1) is 0 Å². The molecule has 0 saturated heterocycles. The summed E-state index contributed by atoms with van der Waals surface area (Å²) in [6.45, 7) is 2.83. The minimum Gasteiger partial charge on any atom is -0.409 e. The minimum absolute atomic E-state index is 0.0842. The second-order valence-corrected chi connectivity index (χ2v) is 5.84. The first kappa shape index (κ1) is 15.4. The molecule has 5 heteroatoms. The summed E-state index contributed by atoms with van der Waals surface area (Å²) in [6.07, 6.45) is 4.59. The molecule has 1 saturated carbocycles. The number of rotatable bonds is 7. The van der Waals surface area contributed by atoms with Gasteiger partial charge in [0, 0.05) is 6.54 Å². The summed E-state index contributed by atoms with van der Waals surface area (Å²) in [5, 5.41) is 14.9. The molecule has 2 rings (SSSR count). The summed E-state index contributed by atoms with van der Waals surface area (Å²) in [4.78, 5) is 12.4. The van der Waals surface area contributed by atoms with Gasteiger partial charge in [-0.3, -0.25) is 4.79 Å². The first-order valence-corrected chi connectivity index (χ1v) is 7.42. The Morgan fingerprint density at radius 3 is 2.62 bits per heavy atom. The van der Waals surface area contributed by atoms with Crippen LogP contribution in [0.1, 0.15) is 44.1 Å². The van der Waals surface area contributed by atoms with Crippen molar-refractivity contribution >= 4 is 11.7 Å². The zero-order chi connectivity index (χ0) is 15.3. The summed E-state index contributed by atoms with van der Waals surface area (Å²) >= 11 is 0. The molecule has 0 heterocycles. The number of benzene rings is 1. The van der Waals surface area contributed by atoms with E-state index in [9.17, 15) is 4.79 Å². The lowest BCUT2D eigenvalue weighted by Crippen LogP contribution is -2.39. The first-order valence-electron chi connectivity index (χ1n) is 7.42. The number of carbonyl (C=O) groups is 1. The number of nitrogens with two attached hydrogens (primary N) is 1. The van der Waals surface area contributed by atoms with Crippen molar-refractivity contribution in [2.24, 2.45) is 16.3 Å². The van der Waals surface area contributed by atoms with Gasteiger partial charge in [0.2, 0.25) is 5.91 Å². The van der Waals surface area contributed by atoms with E-state index in [1.807, 2.05) is 18.2 Å². The van der Waals surface area contributed by atoms with Crippen LogP contribution in [0.15, 0.2) is 35.5 Å². The first-order chi connectivity index (χ1) is 10.1. The van der Waals surface area contributed by atoms with E-state index in [1.54, 1.807) is 12.1 Å². The fraction of sp³-hybridized carbons (Fsp3) is 0.500. The molecule has 0 aromatic heterocycles. The molecular weight excluding hydrogens is 266 g/mol. The Kier molecular flexibility index (Phi) is 4.83. The maximum absolute atomic E-state index is 12.4. The Bertz CT molecular complexity index is 510. The maximum Gasteiger partial charge on any atom is 0.235 e. The molecule has 1 aromatic carbocycles. The van der Waals surface area contributed by atoms with Crippen LogP contribution in [-0.2, 0) is 4.79 Å². The number of hydrogen-bond donors (Lipinski definition) is 3. The number of hydrogen-bond acceptors (Lipinski definition) is 3.